The average Bonchev–Trinajstić information content (AvgIpc) is 2.57. The first-order valence-electron chi connectivity index (χ1n) is 4.50. The molecule has 0 fully saturated rings. The molecule has 4 heteroatoms. The van der Waals surface area contributed by atoms with Crippen LogP contribution in [0.15, 0.2) is 35.1 Å². The minimum Gasteiger partial charge on any atom is -0.268 e. The van der Waals surface area contributed by atoms with Gasteiger partial charge >= 0.3 is 0 Å². The van der Waals surface area contributed by atoms with Crippen molar-refractivity contribution in [1.82, 2.24) is 9.78 Å². The van der Waals surface area contributed by atoms with E-state index in [1.165, 1.54) is 6.07 Å². The maximum absolute atomic E-state index is 11.1. The Bertz CT molecular complexity index is 586. The number of hydrogen-bond acceptors (Lipinski definition) is 2. The smallest absolute Gasteiger partial charge is 0.264 e. The molecular weight excluding hydrogens is 190 g/mol. The third-order valence-electron chi connectivity index (χ3n) is 2.18. The fraction of sp³-hybridized carbons (Fsp3) is 0.0909. The molecule has 0 aliphatic heterocycles. The molecule has 0 atom stereocenters. The van der Waals surface area contributed by atoms with Crippen LogP contribution in [-0.2, 0) is 0 Å². The molecular formula is C11H9N3O. The van der Waals surface area contributed by atoms with Gasteiger partial charge in [0.05, 0.1) is 11.3 Å². The van der Waals surface area contributed by atoms with Gasteiger partial charge in [-0.25, -0.2) is 0 Å². The van der Waals surface area contributed by atoms with E-state index >= 15 is 0 Å². The van der Waals surface area contributed by atoms with E-state index in [2.05, 4.69) is 11.2 Å². The van der Waals surface area contributed by atoms with Gasteiger partial charge in [-0.3, -0.25) is 14.6 Å². The number of rotatable bonds is 1. The van der Waals surface area contributed by atoms with E-state index in [0.717, 1.165) is 5.69 Å². The van der Waals surface area contributed by atoms with Crippen LogP contribution >= 0.6 is 0 Å². The van der Waals surface area contributed by atoms with Crippen LogP contribution in [0.25, 0.3) is 5.69 Å². The summed E-state index contributed by atoms with van der Waals surface area (Å²) in [5.41, 5.74) is 1.84. The second-order valence-corrected chi connectivity index (χ2v) is 3.23. The zero-order valence-electron chi connectivity index (χ0n) is 8.19. The summed E-state index contributed by atoms with van der Waals surface area (Å²) in [6, 6.07) is 10.7. The van der Waals surface area contributed by atoms with Crippen LogP contribution in [0, 0.1) is 18.3 Å². The van der Waals surface area contributed by atoms with Crippen molar-refractivity contribution >= 4 is 0 Å². The quantitative estimate of drug-likeness (QED) is 0.753. The number of para-hydroxylation sites is 1. The van der Waals surface area contributed by atoms with Crippen molar-refractivity contribution in [3.05, 3.63) is 51.9 Å². The molecule has 1 aromatic carbocycles. The van der Waals surface area contributed by atoms with Gasteiger partial charge in [-0.2, -0.15) is 5.26 Å². The lowest BCUT2D eigenvalue weighted by molar-refractivity contribution is 0.832. The number of nitrogens with zero attached hydrogens (tertiary/aromatic N) is 2. The van der Waals surface area contributed by atoms with E-state index in [1.807, 2.05) is 13.0 Å². The summed E-state index contributed by atoms with van der Waals surface area (Å²) in [7, 11) is 0. The molecule has 0 radical (unpaired) electrons. The van der Waals surface area contributed by atoms with Gasteiger partial charge in [0.25, 0.3) is 5.56 Å². The minimum atomic E-state index is -0.166. The van der Waals surface area contributed by atoms with E-state index in [9.17, 15) is 4.79 Å². The Kier molecular flexibility index (Phi) is 2.14. The predicted molar refractivity (Wildman–Crippen MR) is 55.8 cm³/mol. The summed E-state index contributed by atoms with van der Waals surface area (Å²) in [4.78, 5) is 11.1. The Labute approximate surface area is 86.4 Å². The maximum atomic E-state index is 11.1. The zero-order valence-corrected chi connectivity index (χ0v) is 8.19. The van der Waals surface area contributed by atoms with Gasteiger partial charge in [0.2, 0.25) is 0 Å². The van der Waals surface area contributed by atoms with E-state index in [4.69, 9.17) is 5.26 Å². The second kappa shape index (κ2) is 3.46. The summed E-state index contributed by atoms with van der Waals surface area (Å²) >= 11 is 0. The van der Waals surface area contributed by atoms with Crippen LogP contribution in [-0.4, -0.2) is 9.78 Å². The highest BCUT2D eigenvalue weighted by Crippen LogP contribution is 2.13. The third kappa shape index (κ3) is 1.55. The van der Waals surface area contributed by atoms with Crippen molar-refractivity contribution in [3.8, 4) is 11.8 Å². The number of aryl methyl sites for hydroxylation is 1. The van der Waals surface area contributed by atoms with Crippen molar-refractivity contribution in [3.63, 3.8) is 0 Å². The average molecular weight is 199 g/mol. The lowest BCUT2D eigenvalue weighted by atomic mass is 10.2. The number of nitriles is 1. The van der Waals surface area contributed by atoms with Gasteiger partial charge in [0.15, 0.2) is 0 Å². The maximum Gasteiger partial charge on any atom is 0.264 e. The van der Waals surface area contributed by atoms with Crippen LogP contribution in [0.5, 0.6) is 0 Å². The number of aromatic amines is 1. The van der Waals surface area contributed by atoms with Gasteiger partial charge in [-0.1, -0.05) is 12.1 Å². The first kappa shape index (κ1) is 9.28. The van der Waals surface area contributed by atoms with Crippen LogP contribution in [0.3, 0.4) is 0 Å². The minimum absolute atomic E-state index is 0.166. The molecule has 2 rings (SSSR count). The monoisotopic (exact) mass is 199 g/mol. The number of hydrogen-bond donors (Lipinski definition) is 1. The molecule has 0 saturated heterocycles. The van der Waals surface area contributed by atoms with Crippen LogP contribution in [0.4, 0.5) is 0 Å². The Balaban J connectivity index is 2.70. The van der Waals surface area contributed by atoms with Crippen LogP contribution in [0.1, 0.15) is 11.3 Å². The van der Waals surface area contributed by atoms with Crippen LogP contribution in [0.2, 0.25) is 0 Å². The first-order chi connectivity index (χ1) is 7.22. The molecule has 74 valence electrons. The molecule has 0 aliphatic rings. The van der Waals surface area contributed by atoms with Crippen molar-refractivity contribution in [2.24, 2.45) is 0 Å². The highest BCUT2D eigenvalue weighted by atomic mass is 16.1. The molecule has 0 aliphatic carbocycles. The van der Waals surface area contributed by atoms with Gasteiger partial charge in [0.1, 0.15) is 6.07 Å². The zero-order chi connectivity index (χ0) is 10.8. The Hall–Kier alpha value is -2.28. The van der Waals surface area contributed by atoms with Gasteiger partial charge < -0.3 is 0 Å². The normalized spacial score (nSPS) is 9.87. The summed E-state index contributed by atoms with van der Waals surface area (Å²) in [6.07, 6.45) is 0. The molecule has 1 N–H and O–H groups in total. The lowest BCUT2D eigenvalue weighted by Crippen LogP contribution is -2.05. The summed E-state index contributed by atoms with van der Waals surface area (Å²) in [5.74, 6) is 0. The molecule has 4 nitrogen and oxygen atoms in total. The molecule has 15 heavy (non-hydrogen) atoms. The highest BCUT2D eigenvalue weighted by Gasteiger charge is 2.06. The lowest BCUT2D eigenvalue weighted by Gasteiger charge is -2.06. The number of nitrogens with one attached hydrogen (secondary N) is 1. The van der Waals surface area contributed by atoms with Crippen molar-refractivity contribution in [2.75, 3.05) is 0 Å². The van der Waals surface area contributed by atoms with Gasteiger partial charge in [-0.05, 0) is 19.1 Å². The summed E-state index contributed by atoms with van der Waals surface area (Å²) in [5, 5.41) is 11.6. The van der Waals surface area contributed by atoms with Crippen molar-refractivity contribution in [2.45, 2.75) is 6.92 Å². The summed E-state index contributed by atoms with van der Waals surface area (Å²) in [6.45, 7) is 1.81. The van der Waals surface area contributed by atoms with E-state index < -0.39 is 0 Å². The topological polar surface area (TPSA) is 61.6 Å². The molecule has 0 amide bonds. The fourth-order valence-corrected chi connectivity index (χ4v) is 1.50. The molecule has 0 bridgehead atoms. The molecule has 1 heterocycles. The first-order valence-corrected chi connectivity index (χ1v) is 4.50. The fourth-order valence-electron chi connectivity index (χ4n) is 1.50. The van der Waals surface area contributed by atoms with Crippen molar-refractivity contribution in [1.29, 1.82) is 5.26 Å². The van der Waals surface area contributed by atoms with E-state index in [-0.39, 0.29) is 5.56 Å². The Morgan fingerprint density at radius 3 is 2.73 bits per heavy atom. The van der Waals surface area contributed by atoms with E-state index in [0.29, 0.717) is 11.3 Å². The second-order valence-electron chi connectivity index (χ2n) is 3.23. The standard InChI is InChI=1S/C11H9N3O/c1-8-6-11(15)13-14(8)10-5-3-2-4-9(10)7-12/h2-6H,1H3,(H,13,15). The molecule has 0 spiro atoms. The summed E-state index contributed by atoms with van der Waals surface area (Å²) < 4.78 is 1.61. The number of benzene rings is 1. The number of aromatic nitrogens is 2. The third-order valence-corrected chi connectivity index (χ3v) is 2.18. The van der Waals surface area contributed by atoms with E-state index in [1.54, 1.807) is 22.9 Å². The highest BCUT2D eigenvalue weighted by molar-refractivity contribution is 5.48. The SMILES string of the molecule is Cc1cc(=O)[nH]n1-c1ccccc1C#N. The molecule has 0 unspecified atom stereocenters. The van der Waals surface area contributed by atoms with Gasteiger partial charge in [0, 0.05) is 11.8 Å². The number of H-pyrrole nitrogens is 1. The Morgan fingerprint density at radius 2 is 2.13 bits per heavy atom. The molecule has 1 aromatic heterocycles. The van der Waals surface area contributed by atoms with Gasteiger partial charge in [-0.15, -0.1) is 0 Å². The predicted octanol–water partition coefficient (Wildman–Crippen LogP) is 1.35. The van der Waals surface area contributed by atoms with Crippen LogP contribution < -0.4 is 5.56 Å². The Morgan fingerprint density at radius 1 is 1.40 bits per heavy atom. The molecule has 2 aromatic rings. The van der Waals surface area contributed by atoms with Crippen molar-refractivity contribution < 1.29 is 0 Å². The molecule has 0 saturated carbocycles. The largest absolute Gasteiger partial charge is 0.268 e.